The summed E-state index contributed by atoms with van der Waals surface area (Å²) in [4.78, 5) is 22.4. The normalized spacial score (nSPS) is 30.9. The van der Waals surface area contributed by atoms with E-state index in [1.165, 1.54) is 19.2 Å². The van der Waals surface area contributed by atoms with Crippen molar-refractivity contribution in [2.45, 2.75) is 37.4 Å². The highest BCUT2D eigenvalue weighted by Gasteiger charge is 2.47. The highest BCUT2D eigenvalue weighted by atomic mass is 16.6. The van der Waals surface area contributed by atoms with Crippen LogP contribution in [0.25, 0.3) is 0 Å². The molecule has 4 atom stereocenters. The van der Waals surface area contributed by atoms with E-state index in [9.17, 15) is 14.9 Å². The van der Waals surface area contributed by atoms with Crippen LogP contribution in [-0.4, -0.2) is 30.2 Å². The molecule has 2 aliphatic heterocycles. The van der Waals surface area contributed by atoms with Crippen molar-refractivity contribution in [2.24, 2.45) is 5.92 Å². The molecule has 1 aromatic rings. The van der Waals surface area contributed by atoms with Crippen molar-refractivity contribution in [3.63, 3.8) is 0 Å². The summed E-state index contributed by atoms with van der Waals surface area (Å²) in [5, 5.41) is 10.7. The summed E-state index contributed by atoms with van der Waals surface area (Å²) in [6.07, 6.45) is 2.66. The summed E-state index contributed by atoms with van der Waals surface area (Å²) in [6, 6.07) is 6.45. The molecule has 6 heteroatoms. The van der Waals surface area contributed by atoms with Gasteiger partial charge in [0.2, 0.25) is 0 Å². The third-order valence-electron chi connectivity index (χ3n) is 4.50. The number of non-ortho nitro benzene ring substituents is 1. The number of hydrogen-bond donors (Lipinski definition) is 0. The maximum atomic E-state index is 12.1. The number of carbonyl (C=O) groups is 1. The number of fused-ring (bicyclic) bond motifs is 2. The molecule has 112 valence electrons. The molecule has 21 heavy (non-hydrogen) atoms. The van der Waals surface area contributed by atoms with E-state index in [0.29, 0.717) is 0 Å². The molecule has 2 saturated heterocycles. The van der Waals surface area contributed by atoms with Gasteiger partial charge in [0.05, 0.1) is 30.2 Å². The van der Waals surface area contributed by atoms with Crippen molar-refractivity contribution in [1.82, 2.24) is 0 Å². The number of nitro benzene ring substituents is 1. The Kier molecular flexibility index (Phi) is 3.63. The third kappa shape index (κ3) is 2.51. The van der Waals surface area contributed by atoms with Crippen LogP contribution in [0, 0.1) is 16.0 Å². The predicted octanol–water partition coefficient (Wildman–Crippen LogP) is 2.42. The first-order valence-electron chi connectivity index (χ1n) is 7.08. The zero-order valence-corrected chi connectivity index (χ0v) is 11.7. The highest BCUT2D eigenvalue weighted by Crippen LogP contribution is 2.45. The molecule has 0 aliphatic carbocycles. The average molecular weight is 291 g/mol. The minimum Gasteiger partial charge on any atom is -0.469 e. The zero-order valence-electron chi connectivity index (χ0n) is 11.7. The van der Waals surface area contributed by atoms with E-state index in [0.717, 1.165) is 24.8 Å². The highest BCUT2D eigenvalue weighted by molar-refractivity contribution is 5.74. The van der Waals surface area contributed by atoms with Gasteiger partial charge in [-0.3, -0.25) is 14.9 Å². The molecule has 2 heterocycles. The molecular formula is C15H17NO5. The number of nitrogens with zero attached hydrogens (tertiary/aromatic N) is 1. The van der Waals surface area contributed by atoms with E-state index in [4.69, 9.17) is 9.47 Å². The van der Waals surface area contributed by atoms with Gasteiger partial charge in [0.1, 0.15) is 0 Å². The van der Waals surface area contributed by atoms with Gasteiger partial charge in [-0.05, 0) is 24.8 Å². The Balaban J connectivity index is 1.90. The molecule has 2 fully saturated rings. The lowest BCUT2D eigenvalue weighted by Crippen LogP contribution is -2.39. The van der Waals surface area contributed by atoms with Gasteiger partial charge in [-0.1, -0.05) is 12.1 Å². The fourth-order valence-corrected chi connectivity index (χ4v) is 3.50. The van der Waals surface area contributed by atoms with Crippen LogP contribution in [0.3, 0.4) is 0 Å². The summed E-state index contributed by atoms with van der Waals surface area (Å²) < 4.78 is 10.8. The smallest absolute Gasteiger partial charge is 0.311 e. The van der Waals surface area contributed by atoms with Gasteiger partial charge in [-0.2, -0.15) is 0 Å². The van der Waals surface area contributed by atoms with Crippen LogP contribution in [-0.2, 0) is 14.3 Å². The van der Waals surface area contributed by atoms with Crippen LogP contribution >= 0.6 is 0 Å². The van der Waals surface area contributed by atoms with E-state index in [1.807, 2.05) is 0 Å². The lowest BCUT2D eigenvalue weighted by molar-refractivity contribution is -0.384. The maximum Gasteiger partial charge on any atom is 0.311 e. The van der Waals surface area contributed by atoms with Crippen LogP contribution in [0.4, 0.5) is 5.69 Å². The largest absolute Gasteiger partial charge is 0.469 e. The zero-order chi connectivity index (χ0) is 15.0. The van der Waals surface area contributed by atoms with Crippen LogP contribution in [0.15, 0.2) is 24.3 Å². The fraction of sp³-hybridized carbons (Fsp3) is 0.533. The third-order valence-corrected chi connectivity index (χ3v) is 4.50. The number of esters is 1. The van der Waals surface area contributed by atoms with E-state index < -0.39 is 4.92 Å². The van der Waals surface area contributed by atoms with E-state index in [2.05, 4.69) is 0 Å². The Morgan fingerprint density at radius 3 is 2.67 bits per heavy atom. The van der Waals surface area contributed by atoms with Gasteiger partial charge < -0.3 is 9.47 Å². The molecular weight excluding hydrogens is 274 g/mol. The maximum absolute atomic E-state index is 12.1. The lowest BCUT2D eigenvalue weighted by atomic mass is 9.79. The SMILES string of the molecule is COC(=O)[C@@H]1C2CCC(C[C@@H]1c1ccc([N+](=O)[O-])cc1)O2. The van der Waals surface area contributed by atoms with Gasteiger partial charge in [0.25, 0.3) is 5.69 Å². The Labute approximate surface area is 122 Å². The molecule has 0 saturated carbocycles. The molecule has 0 aromatic heterocycles. The quantitative estimate of drug-likeness (QED) is 0.485. The summed E-state index contributed by atoms with van der Waals surface area (Å²) in [6.45, 7) is 0. The Morgan fingerprint density at radius 1 is 1.33 bits per heavy atom. The molecule has 2 aliphatic rings. The van der Waals surface area contributed by atoms with Crippen molar-refractivity contribution in [3.8, 4) is 0 Å². The van der Waals surface area contributed by atoms with E-state index in [-0.39, 0.29) is 35.7 Å². The van der Waals surface area contributed by atoms with Gasteiger partial charge in [-0.25, -0.2) is 0 Å². The van der Waals surface area contributed by atoms with Crippen molar-refractivity contribution in [2.75, 3.05) is 7.11 Å². The van der Waals surface area contributed by atoms with Crippen LogP contribution < -0.4 is 0 Å². The van der Waals surface area contributed by atoms with Gasteiger partial charge in [0, 0.05) is 18.1 Å². The molecule has 3 rings (SSSR count). The van der Waals surface area contributed by atoms with Crippen LogP contribution in [0.1, 0.15) is 30.7 Å². The first-order chi connectivity index (χ1) is 10.1. The first-order valence-corrected chi connectivity index (χ1v) is 7.08. The van der Waals surface area contributed by atoms with E-state index in [1.54, 1.807) is 12.1 Å². The number of carbonyl (C=O) groups excluding carboxylic acids is 1. The second-order valence-electron chi connectivity index (χ2n) is 5.61. The fourth-order valence-electron chi connectivity index (χ4n) is 3.50. The van der Waals surface area contributed by atoms with Crippen molar-refractivity contribution in [3.05, 3.63) is 39.9 Å². The van der Waals surface area contributed by atoms with Crippen molar-refractivity contribution >= 4 is 11.7 Å². The average Bonchev–Trinajstić information content (AvgIpc) is 2.88. The molecule has 1 aromatic carbocycles. The monoisotopic (exact) mass is 291 g/mol. The van der Waals surface area contributed by atoms with Crippen molar-refractivity contribution < 1.29 is 19.2 Å². The van der Waals surface area contributed by atoms with Gasteiger partial charge >= 0.3 is 5.97 Å². The van der Waals surface area contributed by atoms with E-state index >= 15 is 0 Å². The summed E-state index contributed by atoms with van der Waals surface area (Å²) in [7, 11) is 1.39. The topological polar surface area (TPSA) is 78.7 Å². The number of ether oxygens (including phenoxy) is 2. The van der Waals surface area contributed by atoms with Crippen LogP contribution in [0.2, 0.25) is 0 Å². The Bertz CT molecular complexity index is 556. The second kappa shape index (κ2) is 5.44. The first kappa shape index (κ1) is 14.0. The molecule has 0 radical (unpaired) electrons. The molecule has 0 spiro atoms. The summed E-state index contributed by atoms with van der Waals surface area (Å²) >= 11 is 0. The Hall–Kier alpha value is -1.95. The summed E-state index contributed by atoms with van der Waals surface area (Å²) in [5.74, 6) is -0.580. The standard InChI is InChI=1S/C15H17NO5/c1-20-15(17)14-12(8-11-6-7-13(14)21-11)9-2-4-10(5-3-9)16(18)19/h2-5,11-14H,6-8H2,1H3/t11?,12-,13?,14+/m1/s1. The number of methoxy groups -OCH3 is 1. The van der Waals surface area contributed by atoms with Crippen molar-refractivity contribution in [1.29, 1.82) is 0 Å². The van der Waals surface area contributed by atoms with Gasteiger partial charge in [-0.15, -0.1) is 0 Å². The van der Waals surface area contributed by atoms with Gasteiger partial charge in [0.15, 0.2) is 0 Å². The summed E-state index contributed by atoms with van der Waals surface area (Å²) in [5.41, 5.74) is 1.000. The minimum absolute atomic E-state index is 0.00417. The number of hydrogen-bond acceptors (Lipinski definition) is 5. The number of rotatable bonds is 3. The number of benzene rings is 1. The minimum atomic E-state index is -0.421. The molecule has 0 amide bonds. The molecule has 2 bridgehead atoms. The predicted molar refractivity (Wildman–Crippen MR) is 73.9 cm³/mol. The van der Waals surface area contributed by atoms with Crippen LogP contribution in [0.5, 0.6) is 0 Å². The molecule has 2 unspecified atom stereocenters. The number of nitro groups is 1. The Morgan fingerprint density at radius 2 is 2.05 bits per heavy atom. The molecule has 0 N–H and O–H groups in total. The molecule has 6 nitrogen and oxygen atoms in total. The lowest BCUT2D eigenvalue weighted by Gasteiger charge is -2.35. The second-order valence-corrected chi connectivity index (χ2v) is 5.61.